The van der Waals surface area contributed by atoms with Gasteiger partial charge in [0.05, 0.1) is 7.11 Å². The molecule has 0 saturated heterocycles. The molecule has 2 aromatic carbocycles. The van der Waals surface area contributed by atoms with Crippen LogP contribution in [0.2, 0.25) is 0 Å². The lowest BCUT2D eigenvalue weighted by Gasteiger charge is -2.21. The summed E-state index contributed by atoms with van der Waals surface area (Å²) in [4.78, 5) is 12.3. The Morgan fingerprint density at radius 3 is 2.43 bits per heavy atom. The summed E-state index contributed by atoms with van der Waals surface area (Å²) in [6, 6.07) is 16.4. The smallest absolute Gasteiger partial charge is 0.221 e. The first-order valence-electron chi connectivity index (χ1n) is 8.00. The zero-order chi connectivity index (χ0) is 16.8. The second kappa shape index (κ2) is 7.82. The van der Waals surface area contributed by atoms with E-state index in [4.69, 9.17) is 4.74 Å². The van der Waals surface area contributed by atoms with Crippen LogP contribution in [-0.4, -0.2) is 19.1 Å². The van der Waals surface area contributed by atoms with E-state index in [2.05, 4.69) is 30.4 Å². The Kier molecular flexibility index (Phi) is 5.80. The van der Waals surface area contributed by atoms with E-state index >= 15 is 0 Å². The van der Waals surface area contributed by atoms with E-state index in [0.717, 1.165) is 22.4 Å². The molecule has 0 aliphatic carbocycles. The summed E-state index contributed by atoms with van der Waals surface area (Å²) in [5.41, 5.74) is 3.33. The normalized spacial score (nSPS) is 12.0. The van der Waals surface area contributed by atoms with Crippen molar-refractivity contribution in [2.45, 2.75) is 39.2 Å². The molecule has 0 saturated carbocycles. The van der Waals surface area contributed by atoms with Gasteiger partial charge in [-0.1, -0.05) is 48.0 Å². The molecule has 0 fully saturated rings. The number of carbonyl (C=O) groups is 1. The second-order valence-corrected chi connectivity index (χ2v) is 6.14. The molecule has 1 amide bonds. The van der Waals surface area contributed by atoms with Crippen LogP contribution in [0.15, 0.2) is 48.5 Å². The largest absolute Gasteiger partial charge is 0.496 e. The molecule has 0 aliphatic heterocycles. The summed E-state index contributed by atoms with van der Waals surface area (Å²) in [5, 5.41) is 2.99. The van der Waals surface area contributed by atoms with Gasteiger partial charge in [-0.15, -0.1) is 0 Å². The molecule has 122 valence electrons. The minimum Gasteiger partial charge on any atom is -0.496 e. The fourth-order valence-electron chi connectivity index (χ4n) is 2.79. The summed E-state index contributed by atoms with van der Waals surface area (Å²) >= 11 is 0. The molecule has 23 heavy (non-hydrogen) atoms. The predicted octanol–water partition coefficient (Wildman–Crippen LogP) is 4.05. The Morgan fingerprint density at radius 1 is 1.13 bits per heavy atom. The Morgan fingerprint density at radius 2 is 1.83 bits per heavy atom. The van der Waals surface area contributed by atoms with Gasteiger partial charge in [-0.3, -0.25) is 4.79 Å². The van der Waals surface area contributed by atoms with Gasteiger partial charge >= 0.3 is 0 Å². The summed E-state index contributed by atoms with van der Waals surface area (Å²) in [6.45, 7) is 6.00. The van der Waals surface area contributed by atoms with Gasteiger partial charge in [-0.05, 0) is 32.4 Å². The van der Waals surface area contributed by atoms with Crippen molar-refractivity contribution in [1.29, 1.82) is 0 Å². The number of hydrogen-bond donors (Lipinski definition) is 1. The van der Waals surface area contributed by atoms with Gasteiger partial charge in [0.2, 0.25) is 5.91 Å². The highest BCUT2D eigenvalue weighted by Crippen LogP contribution is 2.35. The Bertz CT molecular complexity index is 650. The number of amides is 1. The first-order chi connectivity index (χ1) is 11.0. The van der Waals surface area contributed by atoms with Crippen LogP contribution >= 0.6 is 0 Å². The van der Waals surface area contributed by atoms with Crippen molar-refractivity contribution >= 4 is 5.91 Å². The predicted molar refractivity (Wildman–Crippen MR) is 93.9 cm³/mol. The van der Waals surface area contributed by atoms with Gasteiger partial charge in [0.1, 0.15) is 5.75 Å². The number of methoxy groups -OCH3 is 1. The zero-order valence-corrected chi connectivity index (χ0v) is 14.3. The summed E-state index contributed by atoms with van der Waals surface area (Å²) in [7, 11) is 1.67. The molecule has 2 aromatic rings. The van der Waals surface area contributed by atoms with E-state index in [0.29, 0.717) is 6.42 Å². The van der Waals surface area contributed by atoms with Crippen molar-refractivity contribution in [3.63, 3.8) is 0 Å². The third kappa shape index (κ3) is 4.59. The monoisotopic (exact) mass is 311 g/mol. The van der Waals surface area contributed by atoms with Crippen molar-refractivity contribution in [3.8, 4) is 5.75 Å². The van der Waals surface area contributed by atoms with E-state index < -0.39 is 0 Å². The number of ether oxygens (including phenoxy) is 1. The maximum absolute atomic E-state index is 12.3. The maximum atomic E-state index is 12.3. The molecule has 0 bridgehead atoms. The maximum Gasteiger partial charge on any atom is 0.221 e. The average molecular weight is 311 g/mol. The van der Waals surface area contributed by atoms with Crippen LogP contribution in [0.3, 0.4) is 0 Å². The van der Waals surface area contributed by atoms with Gasteiger partial charge in [0.25, 0.3) is 0 Å². The number of hydrogen-bond acceptors (Lipinski definition) is 2. The fraction of sp³-hybridized carbons (Fsp3) is 0.350. The molecule has 2 rings (SSSR count). The van der Waals surface area contributed by atoms with E-state index in [9.17, 15) is 4.79 Å². The summed E-state index contributed by atoms with van der Waals surface area (Å²) in [5.74, 6) is 0.851. The lowest BCUT2D eigenvalue weighted by molar-refractivity contribution is -0.121. The van der Waals surface area contributed by atoms with Gasteiger partial charge in [-0.2, -0.15) is 0 Å². The first kappa shape index (κ1) is 17.1. The molecule has 0 spiro atoms. The number of carbonyl (C=O) groups excluding carboxylic acids is 1. The molecule has 3 heteroatoms. The van der Waals surface area contributed by atoms with Crippen LogP contribution in [0.25, 0.3) is 0 Å². The molecule has 3 nitrogen and oxygen atoms in total. The molecule has 1 N–H and O–H groups in total. The summed E-state index contributed by atoms with van der Waals surface area (Å²) < 4.78 is 5.53. The molecule has 0 aliphatic rings. The number of rotatable bonds is 6. The van der Waals surface area contributed by atoms with Crippen LogP contribution in [0.4, 0.5) is 0 Å². The van der Waals surface area contributed by atoms with Gasteiger partial charge < -0.3 is 10.1 Å². The highest BCUT2D eigenvalue weighted by Gasteiger charge is 2.22. The van der Waals surface area contributed by atoms with Crippen molar-refractivity contribution in [1.82, 2.24) is 5.32 Å². The van der Waals surface area contributed by atoms with Crippen LogP contribution < -0.4 is 10.1 Å². The molecule has 0 unspecified atom stereocenters. The van der Waals surface area contributed by atoms with E-state index in [1.807, 2.05) is 44.2 Å². The van der Waals surface area contributed by atoms with Crippen LogP contribution in [0.5, 0.6) is 5.75 Å². The third-order valence-corrected chi connectivity index (χ3v) is 3.80. The minimum atomic E-state index is -0.0233. The van der Waals surface area contributed by atoms with Crippen LogP contribution in [0.1, 0.15) is 42.9 Å². The Labute approximate surface area is 138 Å². The lowest BCUT2D eigenvalue weighted by atomic mass is 9.87. The lowest BCUT2D eigenvalue weighted by Crippen LogP contribution is -2.31. The first-order valence-corrected chi connectivity index (χ1v) is 8.00. The van der Waals surface area contributed by atoms with Crippen molar-refractivity contribution < 1.29 is 9.53 Å². The van der Waals surface area contributed by atoms with E-state index in [1.54, 1.807) is 7.11 Å². The standard InChI is InChI=1S/C20H25NO2/c1-14(2)21-20(22)13-17(16-8-6-5-7-9-16)18-12-15(3)10-11-19(18)23-4/h5-12,14,17H,13H2,1-4H3,(H,21,22)/t17-/m1/s1. The number of benzene rings is 2. The zero-order valence-electron chi connectivity index (χ0n) is 14.3. The second-order valence-electron chi connectivity index (χ2n) is 6.14. The van der Waals surface area contributed by atoms with Gasteiger partial charge in [-0.25, -0.2) is 0 Å². The molecule has 1 atom stereocenters. The summed E-state index contributed by atoms with van der Waals surface area (Å²) in [6.07, 6.45) is 0.405. The minimum absolute atomic E-state index is 0.0233. The average Bonchev–Trinajstić information content (AvgIpc) is 2.53. The van der Waals surface area contributed by atoms with Crippen molar-refractivity contribution in [3.05, 3.63) is 65.2 Å². The Balaban J connectivity index is 2.42. The van der Waals surface area contributed by atoms with Crippen molar-refractivity contribution in [2.75, 3.05) is 7.11 Å². The molecule has 0 heterocycles. The molecular weight excluding hydrogens is 286 g/mol. The van der Waals surface area contributed by atoms with Gasteiger partial charge in [0.15, 0.2) is 0 Å². The van der Waals surface area contributed by atoms with Crippen LogP contribution in [-0.2, 0) is 4.79 Å². The molecular formula is C20H25NO2. The van der Waals surface area contributed by atoms with Crippen LogP contribution in [0, 0.1) is 6.92 Å². The number of nitrogens with one attached hydrogen (secondary N) is 1. The van der Waals surface area contributed by atoms with Gasteiger partial charge in [0, 0.05) is 23.9 Å². The molecule has 0 radical (unpaired) electrons. The Hall–Kier alpha value is -2.29. The third-order valence-electron chi connectivity index (χ3n) is 3.80. The highest BCUT2D eigenvalue weighted by molar-refractivity contribution is 5.78. The highest BCUT2D eigenvalue weighted by atomic mass is 16.5. The van der Waals surface area contributed by atoms with E-state index in [1.165, 1.54) is 0 Å². The number of aryl methyl sites for hydroxylation is 1. The van der Waals surface area contributed by atoms with E-state index in [-0.39, 0.29) is 17.9 Å². The SMILES string of the molecule is COc1ccc(C)cc1[C@H](CC(=O)NC(C)C)c1ccccc1. The molecule has 0 aromatic heterocycles. The fourth-order valence-corrected chi connectivity index (χ4v) is 2.79. The quantitative estimate of drug-likeness (QED) is 0.874. The topological polar surface area (TPSA) is 38.3 Å². The van der Waals surface area contributed by atoms with Crippen molar-refractivity contribution in [2.24, 2.45) is 0 Å².